The van der Waals surface area contributed by atoms with E-state index in [0.717, 1.165) is 37.1 Å². The van der Waals surface area contributed by atoms with E-state index >= 15 is 0 Å². The van der Waals surface area contributed by atoms with Gasteiger partial charge in [0.05, 0.1) is 5.69 Å². The van der Waals surface area contributed by atoms with Crippen molar-refractivity contribution in [3.63, 3.8) is 0 Å². The Bertz CT molecular complexity index is 594. The first-order chi connectivity index (χ1) is 10.2. The van der Waals surface area contributed by atoms with Crippen LogP contribution in [0.1, 0.15) is 59.1 Å². The fraction of sp³-hybridized carbons (Fsp3) is 0.625. The van der Waals surface area contributed by atoms with Crippen LogP contribution in [0.3, 0.4) is 0 Å². The molecular weight excluding hydrogens is 264 g/mol. The molecule has 2 aromatic rings. The van der Waals surface area contributed by atoms with Gasteiger partial charge in [-0.1, -0.05) is 40.5 Å². The van der Waals surface area contributed by atoms with Crippen molar-refractivity contribution in [3.05, 3.63) is 22.1 Å². The summed E-state index contributed by atoms with van der Waals surface area (Å²) in [5, 5.41) is 9.56. The maximum absolute atomic E-state index is 11.8. The highest BCUT2D eigenvalue weighted by atomic mass is 16.1. The predicted octanol–water partition coefficient (Wildman–Crippen LogP) is 3.97. The molecule has 0 amide bonds. The lowest BCUT2D eigenvalue weighted by Crippen LogP contribution is -2.20. The molecule has 2 aromatic heterocycles. The molecule has 21 heavy (non-hydrogen) atoms. The fourth-order valence-electron chi connectivity index (χ4n) is 2.49. The van der Waals surface area contributed by atoms with Gasteiger partial charge in [0, 0.05) is 11.7 Å². The van der Waals surface area contributed by atoms with E-state index in [1.807, 2.05) is 26.8 Å². The number of hydrogen-bond donors (Lipinski definition) is 3. The van der Waals surface area contributed by atoms with Gasteiger partial charge in [-0.2, -0.15) is 0 Å². The van der Waals surface area contributed by atoms with E-state index in [1.165, 1.54) is 0 Å². The van der Waals surface area contributed by atoms with Crippen LogP contribution in [0.25, 0.3) is 11.0 Å². The number of aromatic nitrogens is 3. The smallest absolute Gasteiger partial charge is 0.275 e. The number of fused-ring (bicyclic) bond motifs is 1. The van der Waals surface area contributed by atoms with Crippen LogP contribution in [-0.2, 0) is 0 Å². The first-order valence-corrected chi connectivity index (χ1v) is 8.00. The van der Waals surface area contributed by atoms with E-state index in [4.69, 9.17) is 0 Å². The van der Waals surface area contributed by atoms with Gasteiger partial charge < -0.3 is 5.32 Å². The second-order valence-electron chi connectivity index (χ2n) is 5.03. The quantitative estimate of drug-likeness (QED) is 0.754. The molecule has 2 rings (SSSR count). The van der Waals surface area contributed by atoms with Gasteiger partial charge >= 0.3 is 0 Å². The summed E-state index contributed by atoms with van der Waals surface area (Å²) in [6.07, 6.45) is 4.49. The number of hydrogen-bond acceptors (Lipinski definition) is 3. The van der Waals surface area contributed by atoms with Gasteiger partial charge in [-0.15, -0.1) is 0 Å². The van der Waals surface area contributed by atoms with Crippen molar-refractivity contribution in [2.24, 2.45) is 0 Å². The first-order valence-electron chi connectivity index (χ1n) is 8.00. The van der Waals surface area contributed by atoms with Crippen LogP contribution in [0.4, 0.5) is 5.69 Å². The normalized spacial score (nSPS) is 10.6. The van der Waals surface area contributed by atoms with Crippen molar-refractivity contribution in [1.82, 2.24) is 15.2 Å². The van der Waals surface area contributed by atoms with Crippen molar-refractivity contribution < 1.29 is 0 Å². The highest BCUT2D eigenvalue weighted by Gasteiger charge is 2.13. The molecule has 3 N–H and O–H groups in total. The number of aromatic amines is 2. The van der Waals surface area contributed by atoms with Crippen LogP contribution >= 0.6 is 0 Å². The van der Waals surface area contributed by atoms with Gasteiger partial charge in [-0.05, 0) is 25.8 Å². The number of rotatable bonds is 6. The molecule has 0 aliphatic carbocycles. The van der Waals surface area contributed by atoms with Gasteiger partial charge in [0.25, 0.3) is 5.56 Å². The zero-order valence-corrected chi connectivity index (χ0v) is 13.8. The molecule has 0 bridgehead atoms. The monoisotopic (exact) mass is 292 g/mol. The molecule has 0 saturated carbocycles. The third-order valence-corrected chi connectivity index (χ3v) is 3.30. The molecule has 0 saturated heterocycles. The van der Waals surface area contributed by atoms with Gasteiger partial charge in [0.2, 0.25) is 0 Å². The van der Waals surface area contributed by atoms with E-state index in [9.17, 15) is 4.79 Å². The lowest BCUT2D eigenvalue weighted by molar-refractivity contribution is 0.587. The van der Waals surface area contributed by atoms with Gasteiger partial charge in [0.1, 0.15) is 5.39 Å². The molecule has 0 fully saturated rings. The van der Waals surface area contributed by atoms with Crippen LogP contribution in [0.5, 0.6) is 0 Å². The Morgan fingerprint density at radius 3 is 2.38 bits per heavy atom. The average Bonchev–Trinajstić information content (AvgIpc) is 2.83. The summed E-state index contributed by atoms with van der Waals surface area (Å²) in [6, 6.07) is 2.36. The van der Waals surface area contributed by atoms with Gasteiger partial charge in [-0.25, -0.2) is 4.98 Å². The first kappa shape index (κ1) is 17.3. The van der Waals surface area contributed by atoms with Crippen molar-refractivity contribution >= 4 is 16.7 Å². The molecule has 0 spiro atoms. The number of nitrogens with zero attached hydrogens (tertiary/aromatic N) is 1. The van der Waals surface area contributed by atoms with E-state index < -0.39 is 0 Å². The highest BCUT2D eigenvalue weighted by Crippen LogP contribution is 2.21. The van der Waals surface area contributed by atoms with Crippen molar-refractivity contribution in [2.45, 2.75) is 66.3 Å². The Morgan fingerprint density at radius 1 is 1.19 bits per heavy atom. The Hall–Kier alpha value is -1.78. The SMILES string of the molecule is CC.CCCC(CCC)Nc1cc(C)nc2[nH][nH]c(=O)c12. The molecular formula is C16H28N4O. The van der Waals surface area contributed by atoms with Gasteiger partial charge in [-0.3, -0.25) is 15.0 Å². The Labute approximate surface area is 126 Å². The van der Waals surface area contributed by atoms with E-state index in [0.29, 0.717) is 17.1 Å². The minimum atomic E-state index is -0.114. The number of nitrogens with one attached hydrogen (secondary N) is 3. The second-order valence-corrected chi connectivity index (χ2v) is 5.03. The minimum absolute atomic E-state index is 0.114. The van der Waals surface area contributed by atoms with E-state index in [1.54, 1.807) is 0 Å². The highest BCUT2D eigenvalue weighted by molar-refractivity contribution is 5.88. The lowest BCUT2D eigenvalue weighted by Gasteiger charge is -2.19. The van der Waals surface area contributed by atoms with E-state index in [-0.39, 0.29) is 5.56 Å². The molecule has 0 aliphatic heterocycles. The summed E-state index contributed by atoms with van der Waals surface area (Å²) in [5.74, 6) is 0. The molecule has 0 aromatic carbocycles. The summed E-state index contributed by atoms with van der Waals surface area (Å²) in [7, 11) is 0. The van der Waals surface area contributed by atoms with Crippen molar-refractivity contribution in [3.8, 4) is 0 Å². The predicted molar refractivity (Wildman–Crippen MR) is 90.0 cm³/mol. The number of pyridine rings is 1. The van der Waals surface area contributed by atoms with Crippen LogP contribution in [0.2, 0.25) is 0 Å². The number of anilines is 1. The summed E-state index contributed by atoms with van der Waals surface area (Å²) < 4.78 is 0. The van der Waals surface area contributed by atoms with Crippen molar-refractivity contribution in [1.29, 1.82) is 0 Å². The molecule has 5 heteroatoms. The number of H-pyrrole nitrogens is 2. The van der Waals surface area contributed by atoms with Crippen LogP contribution in [0, 0.1) is 6.92 Å². The zero-order valence-electron chi connectivity index (χ0n) is 13.8. The third kappa shape index (κ3) is 4.34. The van der Waals surface area contributed by atoms with Crippen molar-refractivity contribution in [2.75, 3.05) is 5.32 Å². The lowest BCUT2D eigenvalue weighted by atomic mass is 10.1. The topological polar surface area (TPSA) is 73.6 Å². The largest absolute Gasteiger partial charge is 0.382 e. The summed E-state index contributed by atoms with van der Waals surface area (Å²) >= 11 is 0. The summed E-state index contributed by atoms with van der Waals surface area (Å²) in [5.41, 5.74) is 2.30. The molecule has 2 heterocycles. The van der Waals surface area contributed by atoms with Crippen LogP contribution < -0.4 is 10.9 Å². The summed E-state index contributed by atoms with van der Waals surface area (Å²) in [4.78, 5) is 16.2. The second kappa shape index (κ2) is 8.49. The van der Waals surface area contributed by atoms with Crippen LogP contribution in [-0.4, -0.2) is 21.2 Å². The Morgan fingerprint density at radius 2 is 1.81 bits per heavy atom. The Kier molecular flexibility index (Phi) is 6.99. The maximum atomic E-state index is 11.8. The van der Waals surface area contributed by atoms with Gasteiger partial charge in [0.15, 0.2) is 5.65 Å². The van der Waals surface area contributed by atoms with E-state index in [2.05, 4.69) is 34.3 Å². The molecule has 118 valence electrons. The zero-order chi connectivity index (χ0) is 15.8. The Balaban J connectivity index is 0.00000106. The molecule has 5 nitrogen and oxygen atoms in total. The molecule has 0 atom stereocenters. The molecule has 0 unspecified atom stereocenters. The fourth-order valence-corrected chi connectivity index (χ4v) is 2.49. The average molecular weight is 292 g/mol. The summed E-state index contributed by atoms with van der Waals surface area (Å²) in [6.45, 7) is 10.3. The maximum Gasteiger partial charge on any atom is 0.275 e. The van der Waals surface area contributed by atoms with Crippen LogP contribution in [0.15, 0.2) is 10.9 Å². The minimum Gasteiger partial charge on any atom is -0.382 e. The molecule has 0 radical (unpaired) electrons. The standard InChI is InChI=1S/C14H22N4O.C2H6/c1-4-6-10(7-5-2)16-11-8-9(3)15-13-12(11)14(19)18-17-13;1-2/h8,10H,4-7H2,1-3H3,(H3,15,16,17,18,19);1-2H3. The third-order valence-electron chi connectivity index (χ3n) is 3.30. The number of aryl methyl sites for hydroxylation is 1. The molecule has 0 aliphatic rings.